The normalized spacial score (nSPS) is 24.6. The van der Waals surface area contributed by atoms with Gasteiger partial charge in [0.1, 0.15) is 6.33 Å². The Kier molecular flexibility index (Phi) is 5.20. The Balaban J connectivity index is 1.88. The number of hydrogen-bond donors (Lipinski definition) is 1. The quantitative estimate of drug-likeness (QED) is 0.925. The van der Waals surface area contributed by atoms with Crippen molar-refractivity contribution < 1.29 is 4.74 Å². The standard InChI is InChI=1S/C17H29N3O/c1-17(2,3)13-7-5-12(6-8-13)15(18)9-14-10-16(21-4)20-11-19-14/h10-13,15H,5-9,18H2,1-4H3. The molecule has 1 heterocycles. The van der Waals surface area contributed by atoms with Crippen LogP contribution in [0.25, 0.3) is 0 Å². The van der Waals surface area contributed by atoms with Gasteiger partial charge in [-0.05, 0) is 42.9 Å². The fraction of sp³-hybridized carbons (Fsp3) is 0.765. The van der Waals surface area contributed by atoms with Crippen LogP contribution in [0.3, 0.4) is 0 Å². The number of nitrogens with zero attached hydrogens (tertiary/aromatic N) is 2. The Hall–Kier alpha value is -1.16. The van der Waals surface area contributed by atoms with Crippen LogP contribution in [0.15, 0.2) is 12.4 Å². The summed E-state index contributed by atoms with van der Waals surface area (Å²) in [6.07, 6.45) is 7.45. The van der Waals surface area contributed by atoms with Crippen molar-refractivity contribution in [3.8, 4) is 5.88 Å². The maximum Gasteiger partial charge on any atom is 0.216 e. The molecule has 4 nitrogen and oxygen atoms in total. The molecule has 2 N–H and O–H groups in total. The van der Waals surface area contributed by atoms with Crippen molar-refractivity contribution in [2.24, 2.45) is 23.0 Å². The fourth-order valence-corrected chi connectivity index (χ4v) is 3.42. The Morgan fingerprint density at radius 1 is 1.24 bits per heavy atom. The van der Waals surface area contributed by atoms with Crippen LogP contribution in [0, 0.1) is 17.3 Å². The van der Waals surface area contributed by atoms with Crippen molar-refractivity contribution in [1.29, 1.82) is 0 Å². The summed E-state index contributed by atoms with van der Waals surface area (Å²) in [5.41, 5.74) is 7.83. The summed E-state index contributed by atoms with van der Waals surface area (Å²) in [5, 5.41) is 0. The molecule has 0 spiro atoms. The molecule has 0 aliphatic heterocycles. The lowest BCUT2D eigenvalue weighted by Gasteiger charge is -2.38. The first kappa shape index (κ1) is 16.2. The lowest BCUT2D eigenvalue weighted by atomic mass is 9.68. The molecule has 1 aliphatic carbocycles. The third kappa shape index (κ3) is 4.40. The van der Waals surface area contributed by atoms with Gasteiger partial charge >= 0.3 is 0 Å². The average molecular weight is 291 g/mol. The van der Waals surface area contributed by atoms with E-state index >= 15 is 0 Å². The van der Waals surface area contributed by atoms with Gasteiger partial charge in [-0.2, -0.15) is 0 Å². The van der Waals surface area contributed by atoms with E-state index in [0.29, 0.717) is 17.2 Å². The fourth-order valence-electron chi connectivity index (χ4n) is 3.42. The predicted octanol–water partition coefficient (Wildman–Crippen LogP) is 3.21. The molecular weight excluding hydrogens is 262 g/mol. The lowest BCUT2D eigenvalue weighted by molar-refractivity contribution is 0.139. The monoisotopic (exact) mass is 291 g/mol. The van der Waals surface area contributed by atoms with Crippen LogP contribution in [-0.2, 0) is 6.42 Å². The zero-order chi connectivity index (χ0) is 15.5. The molecule has 1 aromatic rings. The Morgan fingerprint density at radius 2 is 1.90 bits per heavy atom. The highest BCUT2D eigenvalue weighted by Gasteiger charge is 2.31. The first-order chi connectivity index (χ1) is 9.90. The number of hydrogen-bond acceptors (Lipinski definition) is 4. The van der Waals surface area contributed by atoms with E-state index in [1.165, 1.54) is 25.7 Å². The smallest absolute Gasteiger partial charge is 0.216 e. The minimum atomic E-state index is 0.186. The van der Waals surface area contributed by atoms with Gasteiger partial charge in [-0.1, -0.05) is 20.8 Å². The number of ether oxygens (including phenoxy) is 1. The SMILES string of the molecule is COc1cc(CC(N)C2CCC(C(C)(C)C)CC2)ncn1. The van der Waals surface area contributed by atoms with Crippen molar-refractivity contribution >= 4 is 0 Å². The predicted molar refractivity (Wildman–Crippen MR) is 85.2 cm³/mol. The van der Waals surface area contributed by atoms with Crippen LogP contribution in [-0.4, -0.2) is 23.1 Å². The second-order valence-electron chi connectivity index (χ2n) is 7.40. The second-order valence-corrected chi connectivity index (χ2v) is 7.40. The largest absolute Gasteiger partial charge is 0.481 e. The first-order valence-electron chi connectivity index (χ1n) is 8.00. The highest BCUT2D eigenvalue weighted by Crippen LogP contribution is 2.40. The number of nitrogens with two attached hydrogens (primary N) is 1. The molecule has 1 aliphatic rings. The lowest BCUT2D eigenvalue weighted by Crippen LogP contribution is -2.37. The summed E-state index contributed by atoms with van der Waals surface area (Å²) in [5.74, 6) is 2.06. The molecule has 0 bridgehead atoms. The van der Waals surface area contributed by atoms with Crippen LogP contribution in [0.2, 0.25) is 0 Å². The summed E-state index contributed by atoms with van der Waals surface area (Å²) in [6, 6.07) is 2.08. The highest BCUT2D eigenvalue weighted by atomic mass is 16.5. The Morgan fingerprint density at radius 3 is 2.48 bits per heavy atom. The molecule has 1 atom stereocenters. The number of methoxy groups -OCH3 is 1. The molecule has 21 heavy (non-hydrogen) atoms. The average Bonchev–Trinajstić information content (AvgIpc) is 2.46. The van der Waals surface area contributed by atoms with Gasteiger partial charge in [0.05, 0.1) is 7.11 Å². The van der Waals surface area contributed by atoms with E-state index in [-0.39, 0.29) is 6.04 Å². The van der Waals surface area contributed by atoms with Gasteiger partial charge in [0.15, 0.2) is 0 Å². The van der Waals surface area contributed by atoms with E-state index in [1.54, 1.807) is 13.4 Å². The molecule has 2 rings (SSSR count). The van der Waals surface area contributed by atoms with Crippen LogP contribution < -0.4 is 10.5 Å². The van der Waals surface area contributed by atoms with Crippen LogP contribution in [0.1, 0.15) is 52.1 Å². The molecule has 0 radical (unpaired) electrons. The molecular formula is C17H29N3O. The molecule has 0 saturated heterocycles. The van der Waals surface area contributed by atoms with Crippen molar-refractivity contribution in [2.45, 2.75) is 58.9 Å². The molecule has 1 unspecified atom stereocenters. The first-order valence-corrected chi connectivity index (χ1v) is 8.00. The van der Waals surface area contributed by atoms with Crippen LogP contribution >= 0.6 is 0 Å². The number of aromatic nitrogens is 2. The van der Waals surface area contributed by atoms with E-state index in [1.807, 2.05) is 6.07 Å². The maximum absolute atomic E-state index is 6.43. The van der Waals surface area contributed by atoms with E-state index in [2.05, 4.69) is 30.7 Å². The summed E-state index contributed by atoms with van der Waals surface area (Å²) < 4.78 is 5.14. The topological polar surface area (TPSA) is 61.0 Å². The summed E-state index contributed by atoms with van der Waals surface area (Å²) in [7, 11) is 1.62. The van der Waals surface area contributed by atoms with Gasteiger partial charge in [0.2, 0.25) is 5.88 Å². The minimum absolute atomic E-state index is 0.186. The van der Waals surface area contributed by atoms with Gasteiger partial charge in [0, 0.05) is 24.2 Å². The summed E-state index contributed by atoms with van der Waals surface area (Å²) in [6.45, 7) is 7.06. The van der Waals surface area contributed by atoms with Gasteiger partial charge in [-0.15, -0.1) is 0 Å². The third-order valence-corrected chi connectivity index (χ3v) is 4.95. The van der Waals surface area contributed by atoms with Crippen LogP contribution in [0.5, 0.6) is 5.88 Å². The highest BCUT2D eigenvalue weighted by molar-refractivity contribution is 5.14. The maximum atomic E-state index is 6.43. The molecule has 1 fully saturated rings. The molecule has 0 amide bonds. The van der Waals surface area contributed by atoms with E-state index in [0.717, 1.165) is 18.0 Å². The van der Waals surface area contributed by atoms with Gasteiger partial charge in [-0.3, -0.25) is 0 Å². The molecule has 1 aromatic heterocycles. The Bertz CT molecular complexity index is 448. The van der Waals surface area contributed by atoms with Crippen molar-refractivity contribution in [3.05, 3.63) is 18.1 Å². The van der Waals surface area contributed by atoms with E-state index in [4.69, 9.17) is 10.5 Å². The molecule has 4 heteroatoms. The third-order valence-electron chi connectivity index (χ3n) is 4.95. The zero-order valence-corrected chi connectivity index (χ0v) is 13.8. The van der Waals surface area contributed by atoms with Crippen molar-refractivity contribution in [3.63, 3.8) is 0 Å². The van der Waals surface area contributed by atoms with Gasteiger partial charge in [-0.25, -0.2) is 9.97 Å². The zero-order valence-electron chi connectivity index (χ0n) is 13.8. The Labute approximate surface area is 128 Å². The summed E-state index contributed by atoms with van der Waals surface area (Å²) >= 11 is 0. The minimum Gasteiger partial charge on any atom is -0.481 e. The molecule has 1 saturated carbocycles. The van der Waals surface area contributed by atoms with Crippen molar-refractivity contribution in [2.75, 3.05) is 7.11 Å². The van der Waals surface area contributed by atoms with E-state index in [9.17, 15) is 0 Å². The van der Waals surface area contributed by atoms with E-state index < -0.39 is 0 Å². The van der Waals surface area contributed by atoms with Gasteiger partial charge < -0.3 is 10.5 Å². The summed E-state index contributed by atoms with van der Waals surface area (Å²) in [4.78, 5) is 8.35. The molecule has 118 valence electrons. The van der Waals surface area contributed by atoms with Crippen molar-refractivity contribution in [1.82, 2.24) is 9.97 Å². The second kappa shape index (κ2) is 6.73. The van der Waals surface area contributed by atoms with Crippen LogP contribution in [0.4, 0.5) is 0 Å². The van der Waals surface area contributed by atoms with Gasteiger partial charge in [0.25, 0.3) is 0 Å². The number of rotatable bonds is 4. The molecule has 0 aromatic carbocycles.